The minimum Gasteiger partial charge on any atom is -0.469 e. The molecule has 0 saturated carbocycles. The van der Waals surface area contributed by atoms with Crippen LogP contribution in [0.25, 0.3) is 0 Å². The number of hydrogen-bond acceptors (Lipinski definition) is 5. The summed E-state index contributed by atoms with van der Waals surface area (Å²) in [6, 6.07) is 9.96. The number of furan rings is 1. The topological polar surface area (TPSA) is 97.4 Å². The van der Waals surface area contributed by atoms with Gasteiger partial charge in [0.05, 0.1) is 12.0 Å². The van der Waals surface area contributed by atoms with Gasteiger partial charge in [0.1, 0.15) is 10.7 Å². The molecule has 114 valence electrons. The second-order valence-corrected chi connectivity index (χ2v) is 6.46. The van der Waals surface area contributed by atoms with Gasteiger partial charge in [-0.2, -0.15) is 0 Å². The van der Waals surface area contributed by atoms with Crippen LogP contribution in [-0.4, -0.2) is 14.5 Å². The number of aryl methyl sites for hydroxylation is 1. The minimum absolute atomic E-state index is 0.136. The highest BCUT2D eigenvalue weighted by Crippen LogP contribution is 2.20. The molecule has 0 amide bonds. The number of hydrazine groups is 1. The van der Waals surface area contributed by atoms with Crippen LogP contribution in [0, 0.1) is 0 Å². The fourth-order valence-electron chi connectivity index (χ4n) is 2.02. The SMILES string of the molecule is CC(CCc1ccco1)NS(=O)(=O)c1ccccc1NN. The van der Waals surface area contributed by atoms with E-state index in [0.29, 0.717) is 18.5 Å². The summed E-state index contributed by atoms with van der Waals surface area (Å²) >= 11 is 0. The van der Waals surface area contributed by atoms with Gasteiger partial charge < -0.3 is 9.84 Å². The van der Waals surface area contributed by atoms with Gasteiger partial charge in [0.15, 0.2) is 0 Å². The molecular formula is C14H19N3O3S. The molecule has 1 heterocycles. The van der Waals surface area contributed by atoms with E-state index < -0.39 is 10.0 Å². The lowest BCUT2D eigenvalue weighted by atomic mass is 10.2. The molecule has 21 heavy (non-hydrogen) atoms. The lowest BCUT2D eigenvalue weighted by Gasteiger charge is -2.15. The Morgan fingerprint density at radius 2 is 2.00 bits per heavy atom. The van der Waals surface area contributed by atoms with Crippen LogP contribution in [0.5, 0.6) is 0 Å². The predicted octanol–water partition coefficient (Wildman–Crippen LogP) is 1.86. The van der Waals surface area contributed by atoms with Crippen LogP contribution in [0.15, 0.2) is 52.0 Å². The molecule has 1 aromatic carbocycles. The first kappa shape index (κ1) is 15.6. The molecule has 7 heteroatoms. The van der Waals surface area contributed by atoms with E-state index >= 15 is 0 Å². The highest BCUT2D eigenvalue weighted by Gasteiger charge is 2.20. The number of nitrogen functional groups attached to an aromatic ring is 1. The van der Waals surface area contributed by atoms with Gasteiger partial charge in [0.2, 0.25) is 10.0 Å². The molecule has 0 fully saturated rings. The monoisotopic (exact) mass is 309 g/mol. The fourth-order valence-corrected chi connectivity index (χ4v) is 3.47. The first-order chi connectivity index (χ1) is 10.0. The van der Waals surface area contributed by atoms with E-state index in [-0.39, 0.29) is 10.9 Å². The average Bonchev–Trinajstić information content (AvgIpc) is 2.98. The normalized spacial score (nSPS) is 13.0. The number of nitrogens with two attached hydrogens (primary N) is 1. The van der Waals surface area contributed by atoms with Crippen molar-refractivity contribution in [1.82, 2.24) is 4.72 Å². The molecule has 0 aliphatic heterocycles. The van der Waals surface area contributed by atoms with Crippen molar-refractivity contribution in [3.63, 3.8) is 0 Å². The van der Waals surface area contributed by atoms with Crippen molar-refractivity contribution in [2.24, 2.45) is 5.84 Å². The molecule has 2 rings (SSSR count). The van der Waals surface area contributed by atoms with Gasteiger partial charge in [-0.1, -0.05) is 12.1 Å². The van der Waals surface area contributed by atoms with Gasteiger partial charge >= 0.3 is 0 Å². The predicted molar refractivity (Wildman–Crippen MR) is 81.1 cm³/mol. The summed E-state index contributed by atoms with van der Waals surface area (Å²) in [4.78, 5) is 0.136. The van der Waals surface area contributed by atoms with Crippen LogP contribution in [0.2, 0.25) is 0 Å². The zero-order valence-electron chi connectivity index (χ0n) is 11.7. The number of para-hydroxylation sites is 1. The molecule has 1 unspecified atom stereocenters. The molecule has 2 aromatic rings. The van der Waals surface area contributed by atoms with Gasteiger partial charge in [-0.05, 0) is 37.6 Å². The molecule has 0 bridgehead atoms. The van der Waals surface area contributed by atoms with Crippen molar-refractivity contribution in [2.75, 3.05) is 5.43 Å². The summed E-state index contributed by atoms with van der Waals surface area (Å²) in [6.45, 7) is 1.82. The fraction of sp³-hybridized carbons (Fsp3) is 0.286. The number of sulfonamides is 1. The molecule has 1 aromatic heterocycles. The number of hydrogen-bond donors (Lipinski definition) is 3. The Morgan fingerprint density at radius 3 is 2.67 bits per heavy atom. The van der Waals surface area contributed by atoms with E-state index in [4.69, 9.17) is 10.3 Å². The first-order valence-corrected chi connectivity index (χ1v) is 8.11. The van der Waals surface area contributed by atoms with E-state index in [1.165, 1.54) is 6.07 Å². The van der Waals surface area contributed by atoms with Crippen LogP contribution in [0.3, 0.4) is 0 Å². The quantitative estimate of drug-likeness (QED) is 0.536. The van der Waals surface area contributed by atoms with Gasteiger partial charge in [0, 0.05) is 12.5 Å². The molecule has 0 aliphatic rings. The molecule has 0 spiro atoms. The van der Waals surface area contributed by atoms with Crippen LogP contribution in [0.4, 0.5) is 5.69 Å². The second-order valence-electron chi connectivity index (χ2n) is 4.78. The van der Waals surface area contributed by atoms with Crippen LogP contribution < -0.4 is 16.0 Å². The third-order valence-electron chi connectivity index (χ3n) is 3.09. The Morgan fingerprint density at radius 1 is 1.24 bits per heavy atom. The third-order valence-corrected chi connectivity index (χ3v) is 4.74. The van der Waals surface area contributed by atoms with Crippen molar-refractivity contribution >= 4 is 15.7 Å². The number of anilines is 1. The van der Waals surface area contributed by atoms with Gasteiger partial charge in [0.25, 0.3) is 0 Å². The maximum atomic E-state index is 12.4. The van der Waals surface area contributed by atoms with Crippen molar-refractivity contribution in [3.8, 4) is 0 Å². The molecule has 0 radical (unpaired) electrons. The van der Waals surface area contributed by atoms with Crippen molar-refractivity contribution in [1.29, 1.82) is 0 Å². The first-order valence-electron chi connectivity index (χ1n) is 6.63. The maximum absolute atomic E-state index is 12.4. The molecular weight excluding hydrogens is 290 g/mol. The zero-order chi connectivity index (χ0) is 15.3. The molecule has 6 nitrogen and oxygen atoms in total. The lowest BCUT2D eigenvalue weighted by Crippen LogP contribution is -2.33. The van der Waals surface area contributed by atoms with Crippen molar-refractivity contribution < 1.29 is 12.8 Å². The van der Waals surface area contributed by atoms with Crippen molar-refractivity contribution in [3.05, 3.63) is 48.4 Å². The molecule has 4 N–H and O–H groups in total. The van der Waals surface area contributed by atoms with E-state index in [9.17, 15) is 8.42 Å². The van der Waals surface area contributed by atoms with E-state index in [1.54, 1.807) is 24.5 Å². The molecule has 1 atom stereocenters. The highest BCUT2D eigenvalue weighted by atomic mass is 32.2. The van der Waals surface area contributed by atoms with Crippen LogP contribution in [-0.2, 0) is 16.4 Å². The van der Waals surface area contributed by atoms with Gasteiger partial charge in [-0.25, -0.2) is 13.1 Å². The van der Waals surface area contributed by atoms with E-state index in [2.05, 4.69) is 10.1 Å². The average molecular weight is 309 g/mol. The Kier molecular flexibility index (Phi) is 5.00. The summed E-state index contributed by atoms with van der Waals surface area (Å²) in [5.41, 5.74) is 2.76. The van der Waals surface area contributed by atoms with Crippen LogP contribution in [0.1, 0.15) is 19.1 Å². The summed E-state index contributed by atoms with van der Waals surface area (Å²) in [5, 5.41) is 0. The third kappa shape index (κ3) is 4.07. The molecule has 0 saturated heterocycles. The Balaban J connectivity index is 2.03. The lowest BCUT2D eigenvalue weighted by molar-refractivity contribution is 0.480. The maximum Gasteiger partial charge on any atom is 0.242 e. The summed E-state index contributed by atoms with van der Waals surface area (Å²) in [7, 11) is -3.62. The number of rotatable bonds is 7. The van der Waals surface area contributed by atoms with Crippen LogP contribution >= 0.6 is 0 Å². The number of nitrogens with one attached hydrogen (secondary N) is 2. The summed E-state index contributed by atoms with van der Waals surface area (Å²) in [6.07, 6.45) is 2.92. The summed E-state index contributed by atoms with van der Waals surface area (Å²) < 4.78 is 32.6. The van der Waals surface area contributed by atoms with Gasteiger partial charge in [-0.15, -0.1) is 0 Å². The van der Waals surface area contributed by atoms with Crippen molar-refractivity contribution in [2.45, 2.75) is 30.7 Å². The smallest absolute Gasteiger partial charge is 0.242 e. The standard InChI is InChI=1S/C14H19N3O3S/c1-11(8-9-12-5-4-10-20-12)17-21(18,19)14-7-3-2-6-13(14)16-15/h2-7,10-11,16-17H,8-9,15H2,1H3. The Labute approximate surface area is 124 Å². The van der Waals surface area contributed by atoms with E-state index in [0.717, 1.165) is 5.76 Å². The Bertz CT molecular complexity index is 669. The Hall–Kier alpha value is -1.83. The highest BCUT2D eigenvalue weighted by molar-refractivity contribution is 7.89. The largest absolute Gasteiger partial charge is 0.469 e. The second kappa shape index (κ2) is 6.75. The number of benzene rings is 1. The minimum atomic E-state index is -3.62. The van der Waals surface area contributed by atoms with Gasteiger partial charge in [-0.3, -0.25) is 5.84 Å². The molecule has 0 aliphatic carbocycles. The van der Waals surface area contributed by atoms with E-state index in [1.807, 2.05) is 19.1 Å². The summed E-state index contributed by atoms with van der Waals surface area (Å²) in [5.74, 6) is 6.18. The zero-order valence-corrected chi connectivity index (χ0v) is 12.6.